The van der Waals surface area contributed by atoms with Gasteiger partial charge in [0.15, 0.2) is 0 Å². The molecule has 1 saturated carbocycles. The third-order valence-electron chi connectivity index (χ3n) is 8.94. The Hall–Kier alpha value is -3.18. The fourth-order valence-corrected chi connectivity index (χ4v) is 6.39. The molecular weight excluding hydrogens is 538 g/mol. The van der Waals surface area contributed by atoms with Gasteiger partial charge in [-0.05, 0) is 57.9 Å². The quantitative estimate of drug-likeness (QED) is 0.471. The Kier molecular flexibility index (Phi) is 8.29. The van der Waals surface area contributed by atoms with Crippen molar-refractivity contribution in [2.24, 2.45) is 0 Å². The van der Waals surface area contributed by atoms with E-state index in [-0.39, 0.29) is 17.8 Å². The maximum atomic E-state index is 15.8. The van der Waals surface area contributed by atoms with Crippen molar-refractivity contribution in [3.8, 4) is 0 Å². The molecule has 2 N–H and O–H groups in total. The summed E-state index contributed by atoms with van der Waals surface area (Å²) in [5.74, 6) is -1.47. The highest BCUT2D eigenvalue weighted by molar-refractivity contribution is 6.07. The van der Waals surface area contributed by atoms with Gasteiger partial charge in [0.2, 0.25) is 5.56 Å². The molecular formula is C30H37F4N5O2. The number of hydrogen-bond acceptors (Lipinski definition) is 5. The Morgan fingerprint density at radius 1 is 1.07 bits per heavy atom. The van der Waals surface area contributed by atoms with Crippen LogP contribution in [0.2, 0.25) is 0 Å². The standard InChI is InChI=1S/C30H37F4N5O2/c1-18-16-39(17-19(2)37(18)3)27-14-25(31)22(20-8-10-38(11-9-20)21-6-4-5-7-21)12-26(27)36-29(41)23-15-35-28(40)13-24(23)30(32,33)34/h8,12-15,18-19,21H,4-7,9-11,16-17H2,1-3H3,(H,35,40)(H,36,41)/t18-,19?/m0/s1. The first kappa shape index (κ1) is 29.3. The second-order valence-electron chi connectivity index (χ2n) is 11.6. The molecule has 0 bridgehead atoms. The molecule has 2 fully saturated rings. The van der Waals surface area contributed by atoms with Crippen molar-refractivity contribution < 1.29 is 22.4 Å². The molecule has 0 radical (unpaired) electrons. The number of hydrogen-bond donors (Lipinski definition) is 2. The van der Waals surface area contributed by atoms with Crippen LogP contribution >= 0.6 is 0 Å². The number of piperazine rings is 1. The molecule has 222 valence electrons. The van der Waals surface area contributed by atoms with Crippen LogP contribution in [0.15, 0.2) is 35.3 Å². The zero-order valence-electron chi connectivity index (χ0n) is 23.7. The number of pyridine rings is 1. The Bertz CT molecular complexity index is 1370. The molecule has 3 heterocycles. The van der Waals surface area contributed by atoms with Crippen molar-refractivity contribution in [2.75, 3.05) is 43.4 Å². The van der Waals surface area contributed by atoms with E-state index < -0.39 is 34.6 Å². The number of amides is 1. The SMILES string of the molecule is CC1CN(c2cc(F)c(C3=CCN(C4CCCC4)CC3)cc2NC(=O)c2c[nH]c(=O)cc2C(F)(F)F)C[C@H](C)N1C. The Morgan fingerprint density at radius 3 is 2.37 bits per heavy atom. The molecule has 41 heavy (non-hydrogen) atoms. The number of anilines is 2. The van der Waals surface area contributed by atoms with Gasteiger partial charge in [-0.3, -0.25) is 19.4 Å². The predicted molar refractivity (Wildman–Crippen MR) is 152 cm³/mol. The monoisotopic (exact) mass is 575 g/mol. The van der Waals surface area contributed by atoms with E-state index in [1.54, 1.807) is 6.07 Å². The number of aromatic nitrogens is 1. The first-order valence-corrected chi connectivity index (χ1v) is 14.3. The molecule has 2 aromatic rings. The van der Waals surface area contributed by atoms with Crippen LogP contribution in [-0.2, 0) is 6.18 Å². The maximum Gasteiger partial charge on any atom is 0.417 e. The van der Waals surface area contributed by atoms with Gasteiger partial charge in [-0.25, -0.2) is 4.39 Å². The van der Waals surface area contributed by atoms with Gasteiger partial charge >= 0.3 is 6.18 Å². The lowest BCUT2D eigenvalue weighted by Crippen LogP contribution is -2.55. The summed E-state index contributed by atoms with van der Waals surface area (Å²) >= 11 is 0. The predicted octanol–water partition coefficient (Wildman–Crippen LogP) is 5.35. The summed E-state index contributed by atoms with van der Waals surface area (Å²) in [6, 6.07) is 4.12. The van der Waals surface area contributed by atoms with E-state index in [1.807, 2.05) is 31.9 Å². The van der Waals surface area contributed by atoms with E-state index in [9.17, 15) is 22.8 Å². The van der Waals surface area contributed by atoms with Gasteiger partial charge < -0.3 is 15.2 Å². The zero-order valence-corrected chi connectivity index (χ0v) is 23.7. The zero-order chi connectivity index (χ0) is 29.5. The van der Waals surface area contributed by atoms with E-state index in [2.05, 4.69) is 20.1 Å². The van der Waals surface area contributed by atoms with Gasteiger partial charge in [-0.2, -0.15) is 13.2 Å². The summed E-state index contributed by atoms with van der Waals surface area (Å²) in [6.07, 6.45) is 3.33. The first-order valence-electron chi connectivity index (χ1n) is 14.3. The van der Waals surface area contributed by atoms with Crippen LogP contribution in [0.25, 0.3) is 5.57 Å². The third kappa shape index (κ3) is 6.21. The number of aromatic amines is 1. The summed E-state index contributed by atoms with van der Waals surface area (Å²) in [4.78, 5) is 33.7. The minimum atomic E-state index is -4.90. The number of halogens is 4. The van der Waals surface area contributed by atoms with Crippen molar-refractivity contribution in [1.82, 2.24) is 14.8 Å². The second-order valence-corrected chi connectivity index (χ2v) is 11.6. The fraction of sp³-hybridized carbons (Fsp3) is 0.533. The number of rotatable bonds is 5. The van der Waals surface area contributed by atoms with Crippen LogP contribution in [0.5, 0.6) is 0 Å². The molecule has 1 unspecified atom stereocenters. The molecule has 1 amide bonds. The van der Waals surface area contributed by atoms with Crippen LogP contribution in [0.3, 0.4) is 0 Å². The number of nitrogens with zero attached hydrogens (tertiary/aromatic N) is 3. The Labute approximate surface area is 237 Å². The summed E-state index contributed by atoms with van der Waals surface area (Å²) in [7, 11) is 2.01. The van der Waals surface area contributed by atoms with Crippen molar-refractivity contribution in [1.29, 1.82) is 0 Å². The number of nitrogens with one attached hydrogen (secondary N) is 2. The molecule has 2 atom stereocenters. The molecule has 3 aliphatic rings. The van der Waals surface area contributed by atoms with Crippen LogP contribution < -0.4 is 15.8 Å². The molecule has 1 aliphatic carbocycles. The lowest BCUT2D eigenvalue weighted by atomic mass is 9.96. The van der Waals surface area contributed by atoms with Crippen molar-refractivity contribution in [3.05, 3.63) is 63.3 Å². The van der Waals surface area contributed by atoms with E-state index >= 15 is 4.39 Å². The van der Waals surface area contributed by atoms with Crippen molar-refractivity contribution >= 4 is 22.9 Å². The number of benzene rings is 1. The van der Waals surface area contributed by atoms with Crippen LogP contribution in [0, 0.1) is 5.82 Å². The van der Waals surface area contributed by atoms with E-state index in [1.165, 1.54) is 31.7 Å². The van der Waals surface area contributed by atoms with Gasteiger partial charge in [-0.1, -0.05) is 18.9 Å². The summed E-state index contributed by atoms with van der Waals surface area (Å²) in [5, 5.41) is 2.64. The number of likely N-dealkylation sites (N-methyl/N-ethyl adjacent to an activating group) is 1. The van der Waals surface area contributed by atoms with E-state index in [0.29, 0.717) is 49.4 Å². The summed E-state index contributed by atoms with van der Waals surface area (Å²) in [5.41, 5.74) is -1.21. The van der Waals surface area contributed by atoms with Gasteiger partial charge in [0.25, 0.3) is 5.91 Å². The van der Waals surface area contributed by atoms with Crippen LogP contribution in [-0.4, -0.2) is 72.0 Å². The third-order valence-corrected chi connectivity index (χ3v) is 8.94. The average Bonchev–Trinajstić information content (AvgIpc) is 3.47. The lowest BCUT2D eigenvalue weighted by molar-refractivity contribution is -0.138. The van der Waals surface area contributed by atoms with Crippen LogP contribution in [0.4, 0.5) is 28.9 Å². The number of alkyl halides is 3. The first-order chi connectivity index (χ1) is 19.4. The molecule has 11 heteroatoms. The van der Waals surface area contributed by atoms with Crippen LogP contribution in [0.1, 0.15) is 67.4 Å². The summed E-state index contributed by atoms with van der Waals surface area (Å²) in [6.45, 7) is 6.71. The highest BCUT2D eigenvalue weighted by atomic mass is 19.4. The average molecular weight is 576 g/mol. The summed E-state index contributed by atoms with van der Waals surface area (Å²) < 4.78 is 56.9. The molecule has 1 aromatic heterocycles. The molecule has 5 rings (SSSR count). The number of carbonyl (C=O) groups excluding carboxylic acids is 1. The highest BCUT2D eigenvalue weighted by Crippen LogP contribution is 2.38. The minimum absolute atomic E-state index is 0.128. The molecule has 2 aliphatic heterocycles. The Balaban J connectivity index is 1.51. The Morgan fingerprint density at radius 2 is 1.76 bits per heavy atom. The highest BCUT2D eigenvalue weighted by Gasteiger charge is 2.36. The van der Waals surface area contributed by atoms with Gasteiger partial charge in [0.1, 0.15) is 5.82 Å². The molecule has 1 saturated heterocycles. The lowest BCUT2D eigenvalue weighted by Gasteiger charge is -2.44. The smallest absolute Gasteiger partial charge is 0.367 e. The topological polar surface area (TPSA) is 71.7 Å². The number of carbonyl (C=O) groups is 1. The van der Waals surface area contributed by atoms with Crippen molar-refractivity contribution in [3.63, 3.8) is 0 Å². The minimum Gasteiger partial charge on any atom is -0.367 e. The normalized spacial score (nSPS) is 23.1. The maximum absolute atomic E-state index is 15.8. The van der Waals surface area contributed by atoms with Gasteiger partial charge in [0, 0.05) is 62.1 Å². The van der Waals surface area contributed by atoms with Gasteiger partial charge in [-0.15, -0.1) is 0 Å². The van der Waals surface area contributed by atoms with E-state index in [4.69, 9.17) is 0 Å². The van der Waals surface area contributed by atoms with Crippen molar-refractivity contribution in [2.45, 2.75) is 70.3 Å². The van der Waals surface area contributed by atoms with E-state index in [0.717, 1.165) is 18.3 Å². The number of H-pyrrole nitrogens is 1. The largest absolute Gasteiger partial charge is 0.417 e. The molecule has 1 aromatic carbocycles. The van der Waals surface area contributed by atoms with Gasteiger partial charge in [0.05, 0.1) is 22.5 Å². The second kappa shape index (κ2) is 11.6. The molecule has 7 nitrogen and oxygen atoms in total. The molecule has 0 spiro atoms. The fourth-order valence-electron chi connectivity index (χ4n) is 6.39.